The molecule has 1 aromatic heterocycles. The number of hydrogen-bond acceptors (Lipinski definition) is 5. The fourth-order valence-corrected chi connectivity index (χ4v) is 2.43. The zero-order chi connectivity index (χ0) is 17.0. The van der Waals surface area contributed by atoms with E-state index in [1.54, 1.807) is 11.0 Å². The van der Waals surface area contributed by atoms with Crippen LogP contribution >= 0.6 is 0 Å². The Bertz CT molecular complexity index is 566. The number of anilines is 1. The summed E-state index contributed by atoms with van der Waals surface area (Å²) in [7, 11) is 0. The van der Waals surface area contributed by atoms with E-state index < -0.39 is 11.6 Å². The number of carboxylic acid groups (broad SMARTS) is 1. The Morgan fingerprint density at radius 3 is 2.70 bits per heavy atom. The number of carboxylic acids is 1. The molecule has 1 saturated heterocycles. The number of hydrogen-bond donors (Lipinski definition) is 2. The van der Waals surface area contributed by atoms with Gasteiger partial charge in [-0.25, -0.2) is 14.6 Å². The van der Waals surface area contributed by atoms with Gasteiger partial charge in [-0.05, 0) is 45.7 Å². The monoisotopic (exact) mass is 321 g/mol. The first kappa shape index (κ1) is 17.1. The summed E-state index contributed by atoms with van der Waals surface area (Å²) < 4.78 is 5.40. The lowest BCUT2D eigenvalue weighted by molar-refractivity contribution is 0.0206. The summed E-state index contributed by atoms with van der Waals surface area (Å²) in [6, 6.07) is 3.23. The topological polar surface area (TPSA) is 91.8 Å². The van der Waals surface area contributed by atoms with E-state index in [0.717, 1.165) is 18.5 Å². The van der Waals surface area contributed by atoms with Gasteiger partial charge < -0.3 is 20.1 Å². The first-order valence-corrected chi connectivity index (χ1v) is 7.68. The molecule has 0 aliphatic carbocycles. The summed E-state index contributed by atoms with van der Waals surface area (Å²) in [4.78, 5) is 28.5. The van der Waals surface area contributed by atoms with Crippen LogP contribution in [0.15, 0.2) is 18.3 Å². The first-order valence-electron chi connectivity index (χ1n) is 7.68. The van der Waals surface area contributed by atoms with Crippen molar-refractivity contribution in [2.45, 2.75) is 45.3 Å². The van der Waals surface area contributed by atoms with Crippen LogP contribution in [0.5, 0.6) is 0 Å². The Morgan fingerprint density at radius 2 is 2.13 bits per heavy atom. The minimum Gasteiger partial charge on any atom is -0.477 e. The van der Waals surface area contributed by atoms with Crippen LogP contribution in [0.1, 0.15) is 44.1 Å². The SMILES string of the molecule is CC(C)(C)OC(=O)N1CCC[C@@H](Nc2ccc(C(=O)O)nc2)C1. The summed E-state index contributed by atoms with van der Waals surface area (Å²) >= 11 is 0. The number of nitrogens with zero attached hydrogens (tertiary/aromatic N) is 2. The van der Waals surface area contributed by atoms with E-state index in [1.807, 2.05) is 20.8 Å². The Morgan fingerprint density at radius 1 is 1.39 bits per heavy atom. The average molecular weight is 321 g/mol. The van der Waals surface area contributed by atoms with Gasteiger partial charge in [-0.3, -0.25) is 0 Å². The molecule has 2 N–H and O–H groups in total. The van der Waals surface area contributed by atoms with E-state index in [1.165, 1.54) is 12.3 Å². The number of amides is 1. The minimum absolute atomic E-state index is 0.00887. The molecule has 0 spiro atoms. The zero-order valence-electron chi connectivity index (χ0n) is 13.7. The Balaban J connectivity index is 1.93. The number of piperidine rings is 1. The Hall–Kier alpha value is -2.31. The maximum absolute atomic E-state index is 12.1. The fourth-order valence-electron chi connectivity index (χ4n) is 2.43. The Labute approximate surface area is 135 Å². The van der Waals surface area contributed by atoms with Crippen molar-refractivity contribution < 1.29 is 19.4 Å². The highest BCUT2D eigenvalue weighted by Gasteiger charge is 2.27. The predicted octanol–water partition coefficient (Wildman–Crippen LogP) is 2.59. The number of aromatic nitrogens is 1. The van der Waals surface area contributed by atoms with Gasteiger partial charge >= 0.3 is 12.1 Å². The highest BCUT2D eigenvalue weighted by Crippen LogP contribution is 2.18. The van der Waals surface area contributed by atoms with Crippen LogP contribution in [0.3, 0.4) is 0 Å². The van der Waals surface area contributed by atoms with Crippen molar-refractivity contribution in [2.75, 3.05) is 18.4 Å². The fraction of sp³-hybridized carbons (Fsp3) is 0.562. The van der Waals surface area contributed by atoms with Crippen molar-refractivity contribution in [1.82, 2.24) is 9.88 Å². The maximum Gasteiger partial charge on any atom is 0.410 e. The number of likely N-dealkylation sites (tertiary alicyclic amines) is 1. The molecule has 1 aromatic rings. The van der Waals surface area contributed by atoms with Crippen LogP contribution in [-0.2, 0) is 4.74 Å². The molecule has 7 nitrogen and oxygen atoms in total. The number of nitrogens with one attached hydrogen (secondary N) is 1. The average Bonchev–Trinajstić information content (AvgIpc) is 2.46. The van der Waals surface area contributed by atoms with E-state index >= 15 is 0 Å². The molecule has 0 radical (unpaired) electrons. The predicted molar refractivity (Wildman–Crippen MR) is 85.6 cm³/mol. The smallest absolute Gasteiger partial charge is 0.410 e. The van der Waals surface area contributed by atoms with Gasteiger partial charge in [0.25, 0.3) is 0 Å². The highest BCUT2D eigenvalue weighted by atomic mass is 16.6. The second-order valence-corrected chi connectivity index (χ2v) is 6.65. The molecule has 0 unspecified atom stereocenters. The third-order valence-electron chi connectivity index (χ3n) is 3.43. The van der Waals surface area contributed by atoms with Crippen molar-refractivity contribution in [3.05, 3.63) is 24.0 Å². The highest BCUT2D eigenvalue weighted by molar-refractivity contribution is 5.85. The number of rotatable bonds is 3. The second-order valence-electron chi connectivity index (χ2n) is 6.65. The summed E-state index contributed by atoms with van der Waals surface area (Å²) in [5.41, 5.74) is 0.245. The quantitative estimate of drug-likeness (QED) is 0.889. The molecular formula is C16H23N3O4. The van der Waals surface area contributed by atoms with Gasteiger partial charge in [0.2, 0.25) is 0 Å². The van der Waals surface area contributed by atoms with Crippen molar-refractivity contribution in [2.24, 2.45) is 0 Å². The van der Waals surface area contributed by atoms with E-state index in [2.05, 4.69) is 10.3 Å². The number of aromatic carboxylic acids is 1. The molecule has 1 aliphatic rings. The summed E-state index contributed by atoms with van der Waals surface area (Å²) in [5.74, 6) is -1.05. The van der Waals surface area contributed by atoms with Crippen LogP contribution in [-0.4, -0.2) is 51.8 Å². The van der Waals surface area contributed by atoms with Gasteiger partial charge in [-0.2, -0.15) is 0 Å². The molecule has 2 heterocycles. The number of ether oxygens (including phenoxy) is 1. The molecular weight excluding hydrogens is 298 g/mol. The van der Waals surface area contributed by atoms with E-state index in [4.69, 9.17) is 9.84 Å². The third-order valence-corrected chi connectivity index (χ3v) is 3.43. The molecule has 1 fully saturated rings. The van der Waals surface area contributed by atoms with Crippen LogP contribution in [0, 0.1) is 0 Å². The van der Waals surface area contributed by atoms with Crippen LogP contribution in [0.2, 0.25) is 0 Å². The molecule has 1 atom stereocenters. The number of carbonyl (C=O) groups excluding carboxylic acids is 1. The number of pyridine rings is 1. The molecule has 23 heavy (non-hydrogen) atoms. The molecule has 126 valence electrons. The van der Waals surface area contributed by atoms with Gasteiger partial charge in [0, 0.05) is 19.1 Å². The molecule has 0 bridgehead atoms. The molecule has 1 amide bonds. The zero-order valence-corrected chi connectivity index (χ0v) is 13.7. The molecule has 0 saturated carbocycles. The molecule has 0 aromatic carbocycles. The first-order chi connectivity index (χ1) is 10.7. The van der Waals surface area contributed by atoms with E-state index in [0.29, 0.717) is 13.1 Å². The maximum atomic E-state index is 12.1. The van der Waals surface area contributed by atoms with Crippen LogP contribution in [0.25, 0.3) is 0 Å². The molecule has 2 rings (SSSR count). The van der Waals surface area contributed by atoms with Gasteiger partial charge in [-0.1, -0.05) is 0 Å². The molecule has 7 heteroatoms. The van der Waals surface area contributed by atoms with Gasteiger partial charge in [0.05, 0.1) is 11.9 Å². The standard InChI is InChI=1S/C16H23N3O4/c1-16(2,3)23-15(22)19-8-4-5-12(10-19)18-11-6-7-13(14(20)21)17-9-11/h6-7,9,12,18H,4-5,8,10H2,1-3H3,(H,20,21)/t12-/m1/s1. The lowest BCUT2D eigenvalue weighted by atomic mass is 10.1. The lowest BCUT2D eigenvalue weighted by Crippen LogP contribution is -2.47. The lowest BCUT2D eigenvalue weighted by Gasteiger charge is -2.34. The number of carbonyl (C=O) groups is 2. The van der Waals surface area contributed by atoms with Crippen molar-refractivity contribution >= 4 is 17.7 Å². The summed E-state index contributed by atoms with van der Waals surface area (Å²) in [5, 5.41) is 12.1. The van der Waals surface area contributed by atoms with Crippen LogP contribution in [0.4, 0.5) is 10.5 Å². The second kappa shape index (κ2) is 6.85. The van der Waals surface area contributed by atoms with E-state index in [9.17, 15) is 9.59 Å². The molecule has 1 aliphatic heterocycles. The van der Waals surface area contributed by atoms with Gasteiger partial charge in [0.1, 0.15) is 11.3 Å². The van der Waals surface area contributed by atoms with Crippen LogP contribution < -0.4 is 5.32 Å². The summed E-state index contributed by atoms with van der Waals surface area (Å²) in [6.07, 6.45) is 3.01. The van der Waals surface area contributed by atoms with E-state index in [-0.39, 0.29) is 17.8 Å². The summed E-state index contributed by atoms with van der Waals surface area (Å²) in [6.45, 7) is 6.78. The normalized spacial score (nSPS) is 18.4. The minimum atomic E-state index is -1.05. The largest absolute Gasteiger partial charge is 0.477 e. The van der Waals surface area contributed by atoms with Gasteiger partial charge in [-0.15, -0.1) is 0 Å². The van der Waals surface area contributed by atoms with Crippen molar-refractivity contribution in [1.29, 1.82) is 0 Å². The van der Waals surface area contributed by atoms with Gasteiger partial charge in [0.15, 0.2) is 0 Å². The third kappa shape index (κ3) is 5.12. The van der Waals surface area contributed by atoms with Crippen molar-refractivity contribution in [3.63, 3.8) is 0 Å². The Kier molecular flexibility index (Phi) is 5.08. The van der Waals surface area contributed by atoms with Crippen molar-refractivity contribution in [3.8, 4) is 0 Å².